The maximum atomic E-state index is 12.9. The predicted molar refractivity (Wildman–Crippen MR) is 98.8 cm³/mol. The number of aryl methyl sites for hydroxylation is 1. The molecule has 1 amide bonds. The molecule has 132 valence electrons. The van der Waals surface area contributed by atoms with E-state index in [-0.39, 0.29) is 5.91 Å². The molecule has 1 fully saturated rings. The summed E-state index contributed by atoms with van der Waals surface area (Å²) in [5, 5.41) is 0. The molecule has 0 N–H and O–H groups in total. The summed E-state index contributed by atoms with van der Waals surface area (Å²) in [5.41, 5.74) is 3.01. The molecule has 0 atom stereocenters. The second-order valence-corrected chi connectivity index (χ2v) is 6.16. The van der Waals surface area contributed by atoms with Crippen LogP contribution in [0.4, 0.5) is 5.69 Å². The van der Waals surface area contributed by atoms with Crippen molar-refractivity contribution in [2.45, 2.75) is 6.92 Å². The van der Waals surface area contributed by atoms with Crippen LogP contribution in [0.2, 0.25) is 0 Å². The Morgan fingerprint density at radius 2 is 1.68 bits per heavy atom. The largest absolute Gasteiger partial charge is 0.493 e. The summed E-state index contributed by atoms with van der Waals surface area (Å²) >= 11 is 0. The van der Waals surface area contributed by atoms with Gasteiger partial charge in [0.15, 0.2) is 11.5 Å². The highest BCUT2D eigenvalue weighted by Gasteiger charge is 2.25. The van der Waals surface area contributed by atoms with Crippen LogP contribution in [0, 0.1) is 6.92 Å². The van der Waals surface area contributed by atoms with Crippen molar-refractivity contribution in [3.05, 3.63) is 53.6 Å². The first-order valence-electron chi connectivity index (χ1n) is 8.46. The lowest BCUT2D eigenvalue weighted by atomic mass is 10.1. The molecule has 0 aromatic heterocycles. The molecule has 5 heteroatoms. The van der Waals surface area contributed by atoms with E-state index < -0.39 is 0 Å². The molecular formula is C20H24N2O3. The van der Waals surface area contributed by atoms with E-state index in [1.54, 1.807) is 26.4 Å². The maximum Gasteiger partial charge on any atom is 0.257 e. The third-order valence-electron chi connectivity index (χ3n) is 4.57. The fraction of sp³-hybridized carbons (Fsp3) is 0.350. The third-order valence-corrected chi connectivity index (χ3v) is 4.57. The van der Waals surface area contributed by atoms with Gasteiger partial charge in [0, 0.05) is 31.9 Å². The number of carbonyl (C=O) groups excluding carboxylic acids is 1. The number of hydrogen-bond acceptors (Lipinski definition) is 4. The first-order valence-corrected chi connectivity index (χ1v) is 8.46. The standard InChI is InChI=1S/C20H24N2O3/c1-15-6-4-7-16(14-15)21-10-12-22(13-11-21)20(23)17-8-5-9-18(24-2)19(17)25-3/h4-9,14H,10-13H2,1-3H3. The highest BCUT2D eigenvalue weighted by atomic mass is 16.5. The Morgan fingerprint density at radius 3 is 2.32 bits per heavy atom. The number of para-hydroxylation sites is 1. The molecule has 25 heavy (non-hydrogen) atoms. The van der Waals surface area contributed by atoms with Gasteiger partial charge in [-0.05, 0) is 36.8 Å². The summed E-state index contributed by atoms with van der Waals surface area (Å²) in [7, 11) is 3.14. The number of methoxy groups -OCH3 is 2. The van der Waals surface area contributed by atoms with E-state index in [1.807, 2.05) is 11.0 Å². The average molecular weight is 340 g/mol. The van der Waals surface area contributed by atoms with Crippen molar-refractivity contribution in [1.82, 2.24) is 4.90 Å². The first-order chi connectivity index (χ1) is 12.1. The van der Waals surface area contributed by atoms with E-state index in [4.69, 9.17) is 9.47 Å². The number of ether oxygens (including phenoxy) is 2. The molecule has 0 bridgehead atoms. The zero-order chi connectivity index (χ0) is 17.8. The number of carbonyl (C=O) groups is 1. The third kappa shape index (κ3) is 3.55. The summed E-state index contributed by atoms with van der Waals surface area (Å²) in [6, 6.07) is 13.9. The summed E-state index contributed by atoms with van der Waals surface area (Å²) < 4.78 is 10.7. The van der Waals surface area contributed by atoms with Crippen molar-refractivity contribution in [3.8, 4) is 11.5 Å². The van der Waals surface area contributed by atoms with Crippen molar-refractivity contribution in [2.24, 2.45) is 0 Å². The number of benzene rings is 2. The van der Waals surface area contributed by atoms with E-state index in [1.165, 1.54) is 11.3 Å². The molecule has 0 spiro atoms. The van der Waals surface area contributed by atoms with Gasteiger partial charge in [-0.2, -0.15) is 0 Å². The van der Waals surface area contributed by atoms with E-state index in [2.05, 4.69) is 36.1 Å². The van der Waals surface area contributed by atoms with Gasteiger partial charge in [-0.1, -0.05) is 18.2 Å². The van der Waals surface area contributed by atoms with Crippen LogP contribution in [0.5, 0.6) is 11.5 Å². The van der Waals surface area contributed by atoms with Gasteiger partial charge in [-0.3, -0.25) is 4.79 Å². The second-order valence-electron chi connectivity index (χ2n) is 6.16. The summed E-state index contributed by atoms with van der Waals surface area (Å²) in [6.07, 6.45) is 0. The number of piperazine rings is 1. The van der Waals surface area contributed by atoms with Crippen LogP contribution in [0.25, 0.3) is 0 Å². The molecule has 2 aromatic rings. The minimum absolute atomic E-state index is 0.0142. The van der Waals surface area contributed by atoms with Gasteiger partial charge in [-0.25, -0.2) is 0 Å². The topological polar surface area (TPSA) is 42.0 Å². The van der Waals surface area contributed by atoms with Gasteiger partial charge in [0.25, 0.3) is 5.91 Å². The number of nitrogens with zero attached hydrogens (tertiary/aromatic N) is 2. The van der Waals surface area contributed by atoms with Crippen molar-refractivity contribution >= 4 is 11.6 Å². The fourth-order valence-corrected chi connectivity index (χ4v) is 3.22. The normalized spacial score (nSPS) is 14.4. The van der Waals surface area contributed by atoms with Crippen LogP contribution < -0.4 is 14.4 Å². The predicted octanol–water partition coefficient (Wildman–Crippen LogP) is 2.97. The molecule has 2 aromatic carbocycles. The Labute approximate surface area is 148 Å². The van der Waals surface area contributed by atoms with E-state index in [9.17, 15) is 4.79 Å². The summed E-state index contributed by atoms with van der Waals surface area (Å²) in [4.78, 5) is 17.1. The van der Waals surface area contributed by atoms with Crippen LogP contribution in [-0.2, 0) is 0 Å². The van der Waals surface area contributed by atoms with Crippen molar-refractivity contribution < 1.29 is 14.3 Å². The van der Waals surface area contributed by atoms with E-state index >= 15 is 0 Å². The quantitative estimate of drug-likeness (QED) is 0.858. The van der Waals surface area contributed by atoms with Crippen LogP contribution in [-0.4, -0.2) is 51.2 Å². The first kappa shape index (κ1) is 17.1. The Kier molecular flexibility index (Phi) is 5.12. The maximum absolute atomic E-state index is 12.9. The van der Waals surface area contributed by atoms with E-state index in [0.717, 1.165) is 13.1 Å². The lowest BCUT2D eigenvalue weighted by Gasteiger charge is -2.36. The minimum atomic E-state index is -0.0142. The molecule has 1 aliphatic rings. The van der Waals surface area contributed by atoms with Crippen molar-refractivity contribution in [2.75, 3.05) is 45.3 Å². The Morgan fingerprint density at radius 1 is 0.960 bits per heavy atom. The number of hydrogen-bond donors (Lipinski definition) is 0. The van der Waals surface area contributed by atoms with Crippen LogP contribution in [0.1, 0.15) is 15.9 Å². The highest BCUT2D eigenvalue weighted by molar-refractivity contribution is 5.98. The van der Waals surface area contributed by atoms with Gasteiger partial charge in [0.1, 0.15) is 0 Å². The number of rotatable bonds is 4. The monoisotopic (exact) mass is 340 g/mol. The van der Waals surface area contributed by atoms with Gasteiger partial charge in [0.05, 0.1) is 19.8 Å². The molecular weight excluding hydrogens is 316 g/mol. The molecule has 0 unspecified atom stereocenters. The van der Waals surface area contributed by atoms with Crippen LogP contribution in [0.3, 0.4) is 0 Å². The smallest absolute Gasteiger partial charge is 0.257 e. The Hall–Kier alpha value is -2.69. The highest BCUT2D eigenvalue weighted by Crippen LogP contribution is 2.31. The van der Waals surface area contributed by atoms with Gasteiger partial charge >= 0.3 is 0 Å². The molecule has 1 heterocycles. The average Bonchev–Trinajstić information content (AvgIpc) is 2.66. The molecule has 0 aliphatic carbocycles. The number of anilines is 1. The molecule has 1 aliphatic heterocycles. The van der Waals surface area contributed by atoms with Gasteiger partial charge < -0.3 is 19.3 Å². The van der Waals surface area contributed by atoms with E-state index in [0.29, 0.717) is 30.2 Å². The Balaban J connectivity index is 1.72. The summed E-state index contributed by atoms with van der Waals surface area (Å²) in [6.45, 7) is 5.11. The lowest BCUT2D eigenvalue weighted by Crippen LogP contribution is -2.48. The van der Waals surface area contributed by atoms with Crippen LogP contribution in [0.15, 0.2) is 42.5 Å². The number of amides is 1. The summed E-state index contributed by atoms with van der Waals surface area (Å²) in [5.74, 6) is 1.06. The van der Waals surface area contributed by atoms with Crippen LogP contribution >= 0.6 is 0 Å². The van der Waals surface area contributed by atoms with Gasteiger partial charge in [-0.15, -0.1) is 0 Å². The van der Waals surface area contributed by atoms with Crippen molar-refractivity contribution in [3.63, 3.8) is 0 Å². The molecule has 0 radical (unpaired) electrons. The van der Waals surface area contributed by atoms with Crippen molar-refractivity contribution in [1.29, 1.82) is 0 Å². The second kappa shape index (κ2) is 7.47. The Bertz CT molecular complexity index is 752. The fourth-order valence-electron chi connectivity index (χ4n) is 3.22. The molecule has 1 saturated heterocycles. The molecule has 0 saturated carbocycles. The zero-order valence-electron chi connectivity index (χ0n) is 15.0. The molecule has 5 nitrogen and oxygen atoms in total. The zero-order valence-corrected chi connectivity index (χ0v) is 15.0. The molecule has 3 rings (SSSR count). The van der Waals surface area contributed by atoms with Gasteiger partial charge in [0.2, 0.25) is 0 Å². The minimum Gasteiger partial charge on any atom is -0.493 e. The SMILES string of the molecule is COc1cccc(C(=O)N2CCN(c3cccc(C)c3)CC2)c1OC. The lowest BCUT2D eigenvalue weighted by molar-refractivity contribution is 0.0742.